The zero-order valence-electron chi connectivity index (χ0n) is 6.38. The van der Waals surface area contributed by atoms with Gasteiger partial charge < -0.3 is 5.21 Å². The van der Waals surface area contributed by atoms with Gasteiger partial charge in [-0.15, -0.1) is 0 Å². The average Bonchev–Trinajstić information content (AvgIpc) is 2.08. The molecule has 0 atom stereocenters. The van der Waals surface area contributed by atoms with Crippen molar-refractivity contribution in [2.24, 2.45) is 5.16 Å². The Bertz CT molecular complexity index is 325. The molecule has 0 heterocycles. The lowest BCUT2D eigenvalue weighted by Crippen LogP contribution is -1.91. The maximum Gasteiger partial charge on any atom is 0.175 e. The van der Waals surface area contributed by atoms with Crippen molar-refractivity contribution in [3.05, 3.63) is 33.8 Å². The van der Waals surface area contributed by atoms with Crippen LogP contribution in [0.5, 0.6) is 0 Å². The second-order valence-electron chi connectivity index (χ2n) is 2.35. The van der Waals surface area contributed by atoms with Gasteiger partial charge in [0.1, 0.15) is 0 Å². The molecule has 4 heteroatoms. The van der Waals surface area contributed by atoms with E-state index in [1.165, 1.54) is 0 Å². The van der Waals surface area contributed by atoms with Crippen LogP contribution in [-0.2, 0) is 0 Å². The van der Waals surface area contributed by atoms with Gasteiger partial charge in [0.2, 0.25) is 0 Å². The van der Waals surface area contributed by atoms with E-state index < -0.39 is 0 Å². The van der Waals surface area contributed by atoms with Crippen LogP contribution in [0.2, 0.25) is 0 Å². The smallest absolute Gasteiger partial charge is 0.175 e. The maximum absolute atomic E-state index is 8.39. The van der Waals surface area contributed by atoms with E-state index in [1.54, 1.807) is 6.07 Å². The minimum Gasteiger partial charge on any atom is -0.410 e. The molecule has 0 fully saturated rings. The van der Waals surface area contributed by atoms with Crippen molar-refractivity contribution < 1.29 is 5.21 Å². The zero-order valence-corrected chi connectivity index (χ0v) is 8.72. The number of halogens is 2. The molecule has 0 aliphatic heterocycles. The molecule has 0 bridgehead atoms. The van der Waals surface area contributed by atoms with E-state index in [4.69, 9.17) is 16.8 Å². The molecule has 0 radical (unpaired) electrons. The molecule has 0 aliphatic rings. The first kappa shape index (κ1) is 9.55. The van der Waals surface area contributed by atoms with Crippen LogP contribution < -0.4 is 0 Å². The molecule has 64 valence electrons. The van der Waals surface area contributed by atoms with Gasteiger partial charge in [-0.3, -0.25) is 0 Å². The van der Waals surface area contributed by atoms with Crippen molar-refractivity contribution in [1.82, 2.24) is 0 Å². The predicted molar refractivity (Wildman–Crippen MR) is 53.1 cm³/mol. The molecule has 0 unspecified atom stereocenters. The maximum atomic E-state index is 8.39. The van der Waals surface area contributed by atoms with Gasteiger partial charge in [0.25, 0.3) is 0 Å². The molecule has 1 aromatic carbocycles. The molecule has 1 rings (SSSR count). The number of benzene rings is 1. The van der Waals surface area contributed by atoms with E-state index in [0.717, 1.165) is 10.0 Å². The van der Waals surface area contributed by atoms with Crippen LogP contribution in [0.4, 0.5) is 0 Å². The largest absolute Gasteiger partial charge is 0.410 e. The Balaban J connectivity index is 3.13. The number of oxime groups is 1. The van der Waals surface area contributed by atoms with Crippen molar-refractivity contribution in [2.45, 2.75) is 6.92 Å². The molecular formula is C8H7BrClNO. The number of aryl methyl sites for hydroxylation is 1. The topological polar surface area (TPSA) is 32.6 Å². The molecule has 0 amide bonds. The number of hydrogen-bond donors (Lipinski definition) is 1. The molecule has 1 aromatic rings. The molecule has 12 heavy (non-hydrogen) atoms. The molecular weight excluding hydrogens is 241 g/mol. The summed E-state index contributed by atoms with van der Waals surface area (Å²) in [7, 11) is 0. The summed E-state index contributed by atoms with van der Waals surface area (Å²) >= 11 is 8.95. The highest BCUT2D eigenvalue weighted by atomic mass is 79.9. The SMILES string of the molecule is Cc1cc(/C(Cl)=N\O)ccc1Br. The van der Waals surface area contributed by atoms with Crippen LogP contribution in [0, 0.1) is 6.92 Å². The Morgan fingerprint density at radius 2 is 2.25 bits per heavy atom. The molecule has 2 nitrogen and oxygen atoms in total. The normalized spacial score (nSPS) is 11.8. The van der Waals surface area contributed by atoms with Gasteiger partial charge in [-0.05, 0) is 24.6 Å². The summed E-state index contributed by atoms with van der Waals surface area (Å²) in [5.74, 6) is 0. The molecule has 0 aromatic heterocycles. The highest BCUT2D eigenvalue weighted by Gasteiger charge is 2.01. The first-order chi connectivity index (χ1) is 5.65. The van der Waals surface area contributed by atoms with Crippen molar-refractivity contribution >= 4 is 32.7 Å². The van der Waals surface area contributed by atoms with Crippen molar-refractivity contribution in [1.29, 1.82) is 0 Å². The molecule has 0 aliphatic carbocycles. The van der Waals surface area contributed by atoms with E-state index in [-0.39, 0.29) is 5.17 Å². The van der Waals surface area contributed by atoms with Gasteiger partial charge in [0.15, 0.2) is 5.17 Å². The standard InChI is InChI=1S/C8H7BrClNO/c1-5-4-6(8(10)11-12)2-3-7(5)9/h2-4,12H,1H3/b11-8+. The highest BCUT2D eigenvalue weighted by molar-refractivity contribution is 9.10. The third kappa shape index (κ3) is 1.99. The summed E-state index contributed by atoms with van der Waals surface area (Å²) in [4.78, 5) is 0. The molecule has 0 saturated carbocycles. The van der Waals surface area contributed by atoms with E-state index in [2.05, 4.69) is 21.1 Å². The van der Waals surface area contributed by atoms with Gasteiger partial charge in [-0.2, -0.15) is 0 Å². The first-order valence-corrected chi connectivity index (χ1v) is 4.46. The minimum absolute atomic E-state index is 0.102. The van der Waals surface area contributed by atoms with Crippen LogP contribution in [0.1, 0.15) is 11.1 Å². The summed E-state index contributed by atoms with van der Waals surface area (Å²) in [5.41, 5.74) is 1.76. The van der Waals surface area contributed by atoms with Crippen LogP contribution in [-0.4, -0.2) is 10.4 Å². The van der Waals surface area contributed by atoms with E-state index >= 15 is 0 Å². The second-order valence-corrected chi connectivity index (χ2v) is 3.57. The molecule has 0 spiro atoms. The lowest BCUT2D eigenvalue weighted by molar-refractivity contribution is 0.321. The van der Waals surface area contributed by atoms with Gasteiger partial charge >= 0.3 is 0 Å². The Morgan fingerprint density at radius 1 is 1.58 bits per heavy atom. The fraction of sp³-hybridized carbons (Fsp3) is 0.125. The summed E-state index contributed by atoms with van der Waals surface area (Å²) in [6.45, 7) is 1.94. The summed E-state index contributed by atoms with van der Waals surface area (Å²) in [6, 6.07) is 5.48. The van der Waals surface area contributed by atoms with Crippen molar-refractivity contribution in [3.8, 4) is 0 Å². The average molecular weight is 249 g/mol. The first-order valence-electron chi connectivity index (χ1n) is 3.29. The monoisotopic (exact) mass is 247 g/mol. The Hall–Kier alpha value is -0.540. The second kappa shape index (κ2) is 3.92. The van der Waals surface area contributed by atoms with Gasteiger partial charge in [0.05, 0.1) is 0 Å². The summed E-state index contributed by atoms with van der Waals surface area (Å²) in [5, 5.41) is 11.4. The zero-order chi connectivity index (χ0) is 9.14. The lowest BCUT2D eigenvalue weighted by Gasteiger charge is -2.00. The van der Waals surface area contributed by atoms with E-state index in [0.29, 0.717) is 5.56 Å². The van der Waals surface area contributed by atoms with Gasteiger partial charge in [-0.25, -0.2) is 0 Å². The summed E-state index contributed by atoms with van der Waals surface area (Å²) < 4.78 is 1.01. The predicted octanol–water partition coefficient (Wildman–Crippen LogP) is 3.13. The molecule has 1 N–H and O–H groups in total. The van der Waals surface area contributed by atoms with Crippen LogP contribution in [0.25, 0.3) is 0 Å². The van der Waals surface area contributed by atoms with Crippen molar-refractivity contribution in [3.63, 3.8) is 0 Å². The van der Waals surface area contributed by atoms with Crippen LogP contribution >= 0.6 is 27.5 Å². The number of hydrogen-bond acceptors (Lipinski definition) is 2. The Kier molecular flexibility index (Phi) is 3.12. The third-order valence-electron chi connectivity index (χ3n) is 1.48. The van der Waals surface area contributed by atoms with Crippen LogP contribution in [0.15, 0.2) is 27.8 Å². The number of rotatable bonds is 1. The Labute approximate surface area is 84.0 Å². The Morgan fingerprint density at radius 3 is 2.75 bits per heavy atom. The minimum atomic E-state index is 0.102. The third-order valence-corrected chi connectivity index (χ3v) is 2.67. The van der Waals surface area contributed by atoms with E-state index in [1.807, 2.05) is 19.1 Å². The lowest BCUT2D eigenvalue weighted by atomic mass is 10.1. The van der Waals surface area contributed by atoms with Gasteiger partial charge in [0, 0.05) is 10.0 Å². The fourth-order valence-electron chi connectivity index (χ4n) is 0.831. The quantitative estimate of drug-likeness (QED) is 0.462. The van der Waals surface area contributed by atoms with E-state index in [9.17, 15) is 0 Å². The highest BCUT2D eigenvalue weighted by Crippen LogP contribution is 2.18. The van der Waals surface area contributed by atoms with Crippen molar-refractivity contribution in [2.75, 3.05) is 0 Å². The number of nitrogens with zero attached hydrogens (tertiary/aromatic N) is 1. The fourth-order valence-corrected chi connectivity index (χ4v) is 1.19. The van der Waals surface area contributed by atoms with Gasteiger partial charge in [-0.1, -0.05) is 38.8 Å². The van der Waals surface area contributed by atoms with Crippen LogP contribution in [0.3, 0.4) is 0 Å². The molecule has 0 saturated heterocycles. The summed E-state index contributed by atoms with van der Waals surface area (Å²) in [6.07, 6.45) is 0.